The van der Waals surface area contributed by atoms with Crippen LogP contribution in [0.15, 0.2) is 12.1 Å². The van der Waals surface area contributed by atoms with Crippen molar-refractivity contribution in [2.75, 3.05) is 5.73 Å². The molecule has 0 aliphatic rings. The highest BCUT2D eigenvalue weighted by molar-refractivity contribution is 5.88. The normalized spacial score (nSPS) is 10.6. The summed E-state index contributed by atoms with van der Waals surface area (Å²) in [7, 11) is 0. The number of fused-ring (bicyclic) bond motifs is 1. The molecule has 3 N–H and O–H groups in total. The van der Waals surface area contributed by atoms with Gasteiger partial charge in [0.05, 0.1) is 5.52 Å². The maximum atomic E-state index is 12.5. The van der Waals surface area contributed by atoms with Crippen LogP contribution in [-0.2, 0) is 0 Å². The second kappa shape index (κ2) is 1.95. The summed E-state index contributed by atoms with van der Waals surface area (Å²) in [5.41, 5.74) is 6.12. The van der Waals surface area contributed by atoms with Crippen LogP contribution >= 0.6 is 0 Å². The molecule has 1 aromatic heterocycles. The number of hydrogen-bond acceptors (Lipinski definition) is 2. The summed E-state index contributed by atoms with van der Waals surface area (Å²) < 4.78 is 12.5. The lowest BCUT2D eigenvalue weighted by molar-refractivity contribution is 0.627. The Hall–Kier alpha value is -1.58. The molecule has 0 aliphatic heterocycles. The van der Waals surface area contributed by atoms with Gasteiger partial charge in [0.15, 0.2) is 5.82 Å². The fourth-order valence-corrected chi connectivity index (χ4v) is 0.950. The number of aromatic amines is 1. The van der Waals surface area contributed by atoms with E-state index in [0.717, 1.165) is 0 Å². The Labute approximate surface area is 62.0 Å². The van der Waals surface area contributed by atoms with Crippen LogP contribution in [0.3, 0.4) is 0 Å². The van der Waals surface area contributed by atoms with Crippen molar-refractivity contribution in [1.29, 1.82) is 0 Å². The first-order valence-corrected chi connectivity index (χ1v) is 3.08. The third kappa shape index (κ3) is 0.832. The Morgan fingerprint density at radius 3 is 3.27 bits per heavy atom. The predicted molar refractivity (Wildman–Crippen MR) is 39.3 cm³/mol. The number of nitrogen functional groups attached to an aromatic ring is 1. The Bertz CT molecular complexity index is 393. The summed E-state index contributed by atoms with van der Waals surface area (Å²) in [6.45, 7) is 0. The second-order valence-corrected chi connectivity index (χ2v) is 2.22. The summed E-state index contributed by atoms with van der Waals surface area (Å²) in [6.07, 6.45) is 0. The zero-order valence-corrected chi connectivity index (χ0v) is 5.56. The molecule has 0 amide bonds. The first-order valence-electron chi connectivity index (χ1n) is 3.08. The third-order valence-electron chi connectivity index (χ3n) is 1.49. The largest absolute Gasteiger partial charge is 0.382 e. The van der Waals surface area contributed by atoms with Gasteiger partial charge in [-0.25, -0.2) is 4.39 Å². The molecule has 0 bridgehead atoms. The lowest BCUT2D eigenvalue weighted by atomic mass is 10.2. The number of nitrogens with one attached hydrogen (secondary N) is 1. The molecule has 0 saturated carbocycles. The van der Waals surface area contributed by atoms with Crippen molar-refractivity contribution in [3.05, 3.63) is 24.0 Å². The van der Waals surface area contributed by atoms with Crippen LogP contribution in [0.4, 0.5) is 10.2 Å². The van der Waals surface area contributed by atoms with Crippen LogP contribution in [0.25, 0.3) is 10.9 Å². The number of nitrogens with two attached hydrogens (primary N) is 1. The van der Waals surface area contributed by atoms with Crippen LogP contribution < -0.4 is 5.73 Å². The fraction of sp³-hybridized carbons (Fsp3) is 0. The average Bonchev–Trinajstić information content (AvgIpc) is 2.33. The van der Waals surface area contributed by atoms with E-state index >= 15 is 0 Å². The number of rotatable bonds is 0. The summed E-state index contributed by atoms with van der Waals surface area (Å²) in [5.74, 6) is -0.112. The van der Waals surface area contributed by atoms with Gasteiger partial charge in [-0.15, -0.1) is 0 Å². The summed E-state index contributed by atoms with van der Waals surface area (Å²) in [5, 5.41) is 6.94. The molecule has 0 spiro atoms. The van der Waals surface area contributed by atoms with Crippen LogP contribution in [0.2, 0.25) is 0 Å². The predicted octanol–water partition coefficient (Wildman–Crippen LogP) is 1.08. The highest BCUT2D eigenvalue weighted by Crippen LogP contribution is 2.17. The van der Waals surface area contributed by atoms with E-state index in [4.69, 9.17) is 5.73 Å². The van der Waals surface area contributed by atoms with Gasteiger partial charge in [0.2, 0.25) is 0 Å². The molecule has 0 saturated heterocycles. The van der Waals surface area contributed by atoms with Gasteiger partial charge in [-0.1, -0.05) is 0 Å². The molecule has 1 heterocycles. The Kier molecular flexibility index (Phi) is 1.09. The van der Waals surface area contributed by atoms with E-state index in [-0.39, 0.29) is 0 Å². The molecule has 0 aliphatic carbocycles. The summed E-state index contributed by atoms with van der Waals surface area (Å²) >= 11 is 0. The van der Waals surface area contributed by atoms with E-state index < -0.39 is 5.82 Å². The molecule has 3 nitrogen and oxygen atoms in total. The highest BCUT2D eigenvalue weighted by atomic mass is 19.1. The minimum atomic E-state index is -0.425. The molecule has 1 radical (unpaired) electrons. The number of H-pyrrole nitrogens is 1. The minimum absolute atomic E-state index is 0.313. The van der Waals surface area contributed by atoms with E-state index in [1.165, 1.54) is 12.1 Å². The van der Waals surface area contributed by atoms with Gasteiger partial charge >= 0.3 is 0 Å². The molecule has 2 aromatic rings. The number of halogens is 1. The topological polar surface area (TPSA) is 54.7 Å². The molecule has 1 aromatic carbocycles. The number of anilines is 1. The minimum Gasteiger partial charge on any atom is -0.382 e. The molecular weight excluding hydrogens is 145 g/mol. The number of hydrogen-bond donors (Lipinski definition) is 2. The lowest BCUT2D eigenvalue weighted by Gasteiger charge is -1.87. The van der Waals surface area contributed by atoms with E-state index in [9.17, 15) is 4.39 Å². The number of aromatic nitrogens is 2. The Balaban J connectivity index is 2.87. The first kappa shape index (κ1) is 6.15. The van der Waals surface area contributed by atoms with Crippen molar-refractivity contribution < 1.29 is 4.39 Å². The van der Waals surface area contributed by atoms with Crippen molar-refractivity contribution in [3.63, 3.8) is 0 Å². The van der Waals surface area contributed by atoms with Gasteiger partial charge < -0.3 is 5.73 Å². The zero-order chi connectivity index (χ0) is 7.84. The van der Waals surface area contributed by atoms with Gasteiger partial charge in [-0.3, -0.25) is 5.10 Å². The molecule has 0 fully saturated rings. The van der Waals surface area contributed by atoms with Crippen LogP contribution in [0.5, 0.6) is 0 Å². The Morgan fingerprint density at radius 2 is 2.45 bits per heavy atom. The molecule has 2 rings (SSSR count). The second-order valence-electron chi connectivity index (χ2n) is 2.22. The molecule has 0 unspecified atom stereocenters. The van der Waals surface area contributed by atoms with Gasteiger partial charge in [0.1, 0.15) is 5.82 Å². The third-order valence-corrected chi connectivity index (χ3v) is 1.49. The lowest BCUT2D eigenvalue weighted by Crippen LogP contribution is -1.83. The number of benzene rings is 1. The van der Waals surface area contributed by atoms with Crippen molar-refractivity contribution in [2.45, 2.75) is 0 Å². The van der Waals surface area contributed by atoms with E-state index in [1.807, 2.05) is 0 Å². The summed E-state index contributed by atoms with van der Waals surface area (Å²) in [6, 6.07) is 5.17. The molecular formula is C7H5FN3. The van der Waals surface area contributed by atoms with Gasteiger partial charge in [0, 0.05) is 11.5 Å². The van der Waals surface area contributed by atoms with Crippen molar-refractivity contribution >= 4 is 16.7 Å². The fourth-order valence-electron chi connectivity index (χ4n) is 0.950. The van der Waals surface area contributed by atoms with Crippen molar-refractivity contribution in [2.24, 2.45) is 0 Å². The number of nitrogens with zero attached hydrogens (tertiary/aromatic N) is 1. The molecule has 4 heteroatoms. The van der Waals surface area contributed by atoms with E-state index in [0.29, 0.717) is 16.7 Å². The average molecular weight is 150 g/mol. The van der Waals surface area contributed by atoms with Crippen LogP contribution in [0.1, 0.15) is 0 Å². The van der Waals surface area contributed by atoms with Gasteiger partial charge in [0.25, 0.3) is 0 Å². The molecule has 11 heavy (non-hydrogen) atoms. The highest BCUT2D eigenvalue weighted by Gasteiger charge is 2.01. The maximum absolute atomic E-state index is 12.5. The van der Waals surface area contributed by atoms with Crippen molar-refractivity contribution in [1.82, 2.24) is 10.2 Å². The van der Waals surface area contributed by atoms with Gasteiger partial charge in [-0.2, -0.15) is 5.10 Å². The quantitative estimate of drug-likeness (QED) is 0.590. The van der Waals surface area contributed by atoms with Gasteiger partial charge in [-0.05, 0) is 12.1 Å². The SMILES string of the molecule is Nc1n[nH]c2c[c]c(F)cc12. The standard InChI is InChI=1S/C7H5FN3/c8-4-1-2-6-5(3-4)7(9)11-10-6/h2-3H,(H3,9,10,11). The van der Waals surface area contributed by atoms with E-state index in [2.05, 4.69) is 16.3 Å². The molecule has 55 valence electrons. The van der Waals surface area contributed by atoms with Crippen LogP contribution in [-0.4, -0.2) is 10.2 Å². The summed E-state index contributed by atoms with van der Waals surface area (Å²) in [4.78, 5) is 0. The van der Waals surface area contributed by atoms with E-state index in [1.54, 1.807) is 0 Å². The smallest absolute Gasteiger partial charge is 0.153 e. The van der Waals surface area contributed by atoms with Crippen molar-refractivity contribution in [3.8, 4) is 0 Å². The first-order chi connectivity index (χ1) is 5.27. The Morgan fingerprint density at radius 1 is 1.64 bits per heavy atom. The van der Waals surface area contributed by atoms with Crippen LogP contribution in [0, 0.1) is 11.9 Å². The monoisotopic (exact) mass is 150 g/mol. The molecule has 0 atom stereocenters. The maximum Gasteiger partial charge on any atom is 0.153 e. The zero-order valence-electron chi connectivity index (χ0n) is 5.56.